The van der Waals surface area contributed by atoms with Gasteiger partial charge >= 0.3 is 0 Å². The smallest absolute Gasteiger partial charge is 0.124 e. The first-order valence-corrected chi connectivity index (χ1v) is 4.19. The van der Waals surface area contributed by atoms with E-state index in [1.54, 1.807) is 0 Å². The van der Waals surface area contributed by atoms with Crippen LogP contribution in [0.4, 0.5) is 5.82 Å². The Hall–Kier alpha value is -1.35. The molecule has 0 saturated heterocycles. The molecule has 3 heteroatoms. The molecule has 1 radical (unpaired) electrons. The number of anilines is 1. The summed E-state index contributed by atoms with van der Waals surface area (Å²) >= 11 is 0. The first-order chi connectivity index (χ1) is 6.25. The Morgan fingerprint density at radius 1 is 1.62 bits per heavy atom. The summed E-state index contributed by atoms with van der Waals surface area (Å²) < 4.78 is 5.22. The molecule has 0 atom stereocenters. The Kier molecular flexibility index (Phi) is 2.02. The van der Waals surface area contributed by atoms with Gasteiger partial charge in [-0.2, -0.15) is 0 Å². The standard InChI is InChI=1S/C10H11N2O/c1-7-4-9(5-10(11)12-7)8-2-3-13-6-8/h2,5H,3,6H2,1H3,(H2,11,12). The first-order valence-electron chi connectivity index (χ1n) is 4.19. The van der Waals surface area contributed by atoms with E-state index in [4.69, 9.17) is 10.5 Å². The number of ether oxygens (including phenoxy) is 1. The highest BCUT2D eigenvalue weighted by atomic mass is 16.5. The van der Waals surface area contributed by atoms with Gasteiger partial charge in [-0.15, -0.1) is 0 Å². The number of aromatic nitrogens is 1. The SMILES string of the molecule is Cc1[c]c(C2=CCOC2)cc(N)n1. The first kappa shape index (κ1) is 8.26. The van der Waals surface area contributed by atoms with E-state index in [9.17, 15) is 0 Å². The number of nitrogen functional groups attached to an aromatic ring is 1. The molecule has 1 aromatic rings. The Balaban J connectivity index is 2.39. The average Bonchev–Trinajstić information content (AvgIpc) is 2.53. The molecule has 1 aliphatic heterocycles. The van der Waals surface area contributed by atoms with Crippen molar-refractivity contribution in [3.63, 3.8) is 0 Å². The van der Waals surface area contributed by atoms with Crippen molar-refractivity contribution in [1.82, 2.24) is 4.98 Å². The van der Waals surface area contributed by atoms with Crippen molar-refractivity contribution in [3.05, 3.63) is 29.5 Å². The molecule has 0 aromatic carbocycles. The van der Waals surface area contributed by atoms with Gasteiger partial charge in [-0.1, -0.05) is 6.08 Å². The number of nitrogens with zero attached hydrogens (tertiary/aromatic N) is 1. The highest BCUT2D eigenvalue weighted by Gasteiger charge is 2.08. The minimum atomic E-state index is 0.541. The number of pyridine rings is 1. The van der Waals surface area contributed by atoms with Gasteiger partial charge in [-0.05, 0) is 24.1 Å². The Bertz CT molecular complexity index is 338. The maximum atomic E-state index is 5.63. The van der Waals surface area contributed by atoms with E-state index in [1.807, 2.05) is 19.1 Å². The van der Waals surface area contributed by atoms with Crippen LogP contribution < -0.4 is 5.73 Å². The molecule has 1 aromatic heterocycles. The van der Waals surface area contributed by atoms with Crippen molar-refractivity contribution >= 4 is 11.4 Å². The molecule has 13 heavy (non-hydrogen) atoms. The van der Waals surface area contributed by atoms with Gasteiger partial charge in [0.05, 0.1) is 13.2 Å². The molecule has 67 valence electrons. The Labute approximate surface area is 77.2 Å². The summed E-state index contributed by atoms with van der Waals surface area (Å²) in [7, 11) is 0. The van der Waals surface area contributed by atoms with Gasteiger partial charge < -0.3 is 10.5 Å². The average molecular weight is 175 g/mol. The largest absolute Gasteiger partial charge is 0.384 e. The lowest BCUT2D eigenvalue weighted by Crippen LogP contribution is -1.96. The second kappa shape index (κ2) is 3.18. The zero-order valence-electron chi connectivity index (χ0n) is 7.50. The van der Waals surface area contributed by atoms with Gasteiger partial charge in [0.25, 0.3) is 0 Å². The van der Waals surface area contributed by atoms with E-state index in [2.05, 4.69) is 11.1 Å². The number of nitrogens with two attached hydrogens (primary N) is 1. The maximum absolute atomic E-state index is 5.63. The molecule has 2 heterocycles. The van der Waals surface area contributed by atoms with Crippen molar-refractivity contribution in [1.29, 1.82) is 0 Å². The van der Waals surface area contributed by atoms with Crippen LogP contribution in [-0.2, 0) is 4.74 Å². The van der Waals surface area contributed by atoms with Crippen LogP contribution in [0.15, 0.2) is 12.1 Å². The van der Waals surface area contributed by atoms with E-state index >= 15 is 0 Å². The van der Waals surface area contributed by atoms with Crippen molar-refractivity contribution < 1.29 is 4.74 Å². The summed E-state index contributed by atoms with van der Waals surface area (Å²) in [5.74, 6) is 0.541. The van der Waals surface area contributed by atoms with Crippen LogP contribution in [0.3, 0.4) is 0 Å². The molecule has 0 spiro atoms. The van der Waals surface area contributed by atoms with Gasteiger partial charge in [-0.25, -0.2) is 4.98 Å². The van der Waals surface area contributed by atoms with Gasteiger partial charge in [-0.3, -0.25) is 0 Å². The molecule has 0 aliphatic carbocycles. The molecule has 2 rings (SSSR count). The van der Waals surface area contributed by atoms with E-state index < -0.39 is 0 Å². The fourth-order valence-corrected chi connectivity index (χ4v) is 1.38. The normalized spacial score (nSPS) is 15.9. The molecule has 3 nitrogen and oxygen atoms in total. The summed E-state index contributed by atoms with van der Waals surface area (Å²) in [6.45, 7) is 3.22. The molecule has 1 aliphatic rings. The van der Waals surface area contributed by atoms with E-state index in [0.717, 1.165) is 16.8 Å². The molecule has 0 saturated carbocycles. The summed E-state index contributed by atoms with van der Waals surface area (Å²) in [4.78, 5) is 4.06. The summed E-state index contributed by atoms with van der Waals surface area (Å²) in [6.07, 6.45) is 2.05. The summed E-state index contributed by atoms with van der Waals surface area (Å²) in [5.41, 5.74) is 8.60. The lowest BCUT2D eigenvalue weighted by atomic mass is 10.1. The predicted octanol–water partition coefficient (Wildman–Crippen LogP) is 1.19. The minimum Gasteiger partial charge on any atom is -0.384 e. The third-order valence-electron chi connectivity index (χ3n) is 1.96. The highest BCUT2D eigenvalue weighted by molar-refractivity contribution is 5.69. The van der Waals surface area contributed by atoms with Crippen LogP contribution in [-0.4, -0.2) is 18.2 Å². The third kappa shape index (κ3) is 1.70. The van der Waals surface area contributed by atoms with Gasteiger partial charge in [0, 0.05) is 11.8 Å². The van der Waals surface area contributed by atoms with E-state index in [1.165, 1.54) is 0 Å². The molecule has 2 N–H and O–H groups in total. The number of hydrogen-bond acceptors (Lipinski definition) is 3. The van der Waals surface area contributed by atoms with Crippen LogP contribution in [0.5, 0.6) is 0 Å². The van der Waals surface area contributed by atoms with E-state index in [-0.39, 0.29) is 0 Å². The van der Waals surface area contributed by atoms with E-state index in [0.29, 0.717) is 19.0 Å². The molecular formula is C10H11N2O. The van der Waals surface area contributed by atoms with Crippen molar-refractivity contribution in [3.8, 4) is 0 Å². The molecule has 0 amide bonds. The molecule has 0 bridgehead atoms. The van der Waals surface area contributed by atoms with Gasteiger partial charge in [0.1, 0.15) is 5.82 Å². The third-order valence-corrected chi connectivity index (χ3v) is 1.96. The number of rotatable bonds is 1. The lowest BCUT2D eigenvalue weighted by Gasteiger charge is -2.03. The monoisotopic (exact) mass is 175 g/mol. The fourth-order valence-electron chi connectivity index (χ4n) is 1.38. The topological polar surface area (TPSA) is 48.1 Å². The summed E-state index contributed by atoms with van der Waals surface area (Å²) in [5, 5.41) is 0. The van der Waals surface area contributed by atoms with Crippen LogP contribution in [0, 0.1) is 13.0 Å². The van der Waals surface area contributed by atoms with Gasteiger partial charge in [0.2, 0.25) is 0 Å². The molecule has 0 fully saturated rings. The summed E-state index contributed by atoms with van der Waals surface area (Å²) in [6, 6.07) is 4.98. The van der Waals surface area contributed by atoms with Crippen LogP contribution in [0.2, 0.25) is 0 Å². The Morgan fingerprint density at radius 3 is 3.08 bits per heavy atom. The van der Waals surface area contributed by atoms with Crippen molar-refractivity contribution in [2.45, 2.75) is 6.92 Å². The van der Waals surface area contributed by atoms with Crippen LogP contribution in [0.25, 0.3) is 5.57 Å². The van der Waals surface area contributed by atoms with Crippen LogP contribution >= 0.6 is 0 Å². The maximum Gasteiger partial charge on any atom is 0.124 e. The Morgan fingerprint density at radius 2 is 2.46 bits per heavy atom. The second-order valence-corrected chi connectivity index (χ2v) is 3.05. The number of hydrogen-bond donors (Lipinski definition) is 1. The van der Waals surface area contributed by atoms with Crippen molar-refractivity contribution in [2.24, 2.45) is 0 Å². The second-order valence-electron chi connectivity index (χ2n) is 3.05. The predicted molar refractivity (Wildman–Crippen MR) is 51.0 cm³/mol. The van der Waals surface area contributed by atoms with Crippen LogP contribution in [0.1, 0.15) is 11.3 Å². The lowest BCUT2D eigenvalue weighted by molar-refractivity contribution is 0.216. The molecular weight excluding hydrogens is 164 g/mol. The van der Waals surface area contributed by atoms with Crippen molar-refractivity contribution in [2.75, 3.05) is 18.9 Å². The molecule has 0 unspecified atom stereocenters. The zero-order chi connectivity index (χ0) is 9.26. The highest BCUT2D eigenvalue weighted by Crippen LogP contribution is 2.20. The number of aryl methyl sites for hydroxylation is 1. The van der Waals surface area contributed by atoms with Gasteiger partial charge in [0.15, 0.2) is 0 Å². The fraction of sp³-hybridized carbons (Fsp3) is 0.300. The zero-order valence-corrected chi connectivity index (χ0v) is 7.50. The quantitative estimate of drug-likeness (QED) is 0.697. The minimum absolute atomic E-state index is 0.541.